The van der Waals surface area contributed by atoms with E-state index in [0.29, 0.717) is 6.42 Å². The van der Waals surface area contributed by atoms with Crippen molar-refractivity contribution in [2.75, 3.05) is 10.6 Å². The van der Waals surface area contributed by atoms with E-state index in [1.807, 2.05) is 55.5 Å². The highest BCUT2D eigenvalue weighted by atomic mass is 127. The molecule has 0 radical (unpaired) electrons. The minimum Gasteiger partial charge on any atom is -0.326 e. The second-order valence-electron chi connectivity index (χ2n) is 4.87. The molecule has 2 aromatic rings. The number of carbonyl (C=O) groups excluding carboxylic acids is 2. The number of rotatable bonds is 5. The maximum atomic E-state index is 11.3. The predicted octanol–water partition coefficient (Wildman–Crippen LogP) is 4.59. The van der Waals surface area contributed by atoms with E-state index in [9.17, 15) is 9.59 Å². The van der Waals surface area contributed by atoms with Gasteiger partial charge in [0.15, 0.2) is 0 Å². The summed E-state index contributed by atoms with van der Waals surface area (Å²) in [7, 11) is 0. The predicted molar refractivity (Wildman–Crippen MR) is 97.6 cm³/mol. The van der Waals surface area contributed by atoms with Gasteiger partial charge in [-0.25, -0.2) is 0 Å². The summed E-state index contributed by atoms with van der Waals surface area (Å²) in [5.74, 6) is 0.0145. The Kier molecular flexibility index (Phi) is 5.94. The Morgan fingerprint density at radius 3 is 1.73 bits per heavy atom. The van der Waals surface area contributed by atoms with Gasteiger partial charge < -0.3 is 10.6 Å². The third-order valence-electron chi connectivity index (χ3n) is 3.16. The Bertz CT molecular complexity index is 651. The highest BCUT2D eigenvalue weighted by Crippen LogP contribution is 2.16. The first-order chi connectivity index (χ1) is 10.6. The molecular formula is C17H17IN2O2. The van der Waals surface area contributed by atoms with Crippen molar-refractivity contribution in [1.82, 2.24) is 0 Å². The van der Waals surface area contributed by atoms with Crippen LogP contribution in [0, 0.1) is 0 Å². The molecular weight excluding hydrogens is 391 g/mol. The number of amides is 2. The van der Waals surface area contributed by atoms with Gasteiger partial charge in [0.05, 0.1) is 0 Å². The lowest BCUT2D eigenvalue weighted by Gasteiger charge is -2.07. The minimum absolute atomic E-state index is 0.0145. The van der Waals surface area contributed by atoms with Crippen molar-refractivity contribution in [3.8, 4) is 0 Å². The molecule has 5 heteroatoms. The zero-order valence-corrected chi connectivity index (χ0v) is 14.4. The van der Waals surface area contributed by atoms with Crippen LogP contribution in [0.1, 0.15) is 24.5 Å². The van der Waals surface area contributed by atoms with Gasteiger partial charge in [-0.2, -0.15) is 0 Å². The molecule has 0 atom stereocenters. The Labute approximate surface area is 143 Å². The fourth-order valence-corrected chi connectivity index (χ4v) is 2.32. The van der Waals surface area contributed by atoms with Crippen LogP contribution in [0.2, 0.25) is 0 Å². The summed E-state index contributed by atoms with van der Waals surface area (Å²) in [6, 6.07) is 15.6. The quantitative estimate of drug-likeness (QED) is 0.432. The second-order valence-corrected chi connectivity index (χ2v) is 5.85. The zero-order chi connectivity index (χ0) is 15.9. The summed E-state index contributed by atoms with van der Waals surface area (Å²) < 4.78 is -0.102. The first kappa shape index (κ1) is 16.5. The summed E-state index contributed by atoms with van der Waals surface area (Å²) in [4.78, 5) is 22.3. The van der Waals surface area contributed by atoms with Crippen LogP contribution >= 0.6 is 22.6 Å². The summed E-state index contributed by atoms with van der Waals surface area (Å²) in [6.07, 6.45) is 1.28. The number of carbonyl (C=O) groups is 2. The summed E-state index contributed by atoms with van der Waals surface area (Å²) in [5, 5.41) is 5.56. The average Bonchev–Trinajstić information content (AvgIpc) is 2.50. The maximum absolute atomic E-state index is 11.3. The van der Waals surface area contributed by atoms with Crippen LogP contribution in [-0.2, 0) is 11.2 Å². The SMILES string of the molecule is CCC(=O)Nc1ccc(Cc2ccc(NC(=O)I)cc2)cc1. The van der Waals surface area contributed by atoms with Gasteiger partial charge in [-0.05, 0) is 41.8 Å². The van der Waals surface area contributed by atoms with Crippen molar-refractivity contribution in [2.24, 2.45) is 0 Å². The molecule has 2 rings (SSSR count). The molecule has 0 unspecified atom stereocenters. The molecule has 0 spiro atoms. The number of nitrogens with one attached hydrogen (secondary N) is 2. The molecule has 0 saturated carbocycles. The fourth-order valence-electron chi connectivity index (χ4n) is 2.01. The van der Waals surface area contributed by atoms with E-state index in [1.54, 1.807) is 22.6 Å². The lowest BCUT2D eigenvalue weighted by Crippen LogP contribution is -2.09. The average molecular weight is 408 g/mol. The van der Waals surface area contributed by atoms with Crippen LogP contribution < -0.4 is 10.6 Å². The summed E-state index contributed by atoms with van der Waals surface area (Å²) in [6.45, 7) is 1.83. The third kappa shape index (κ3) is 5.14. The van der Waals surface area contributed by atoms with Crippen molar-refractivity contribution in [3.05, 3.63) is 59.7 Å². The number of benzene rings is 2. The van der Waals surface area contributed by atoms with Crippen LogP contribution in [0.5, 0.6) is 0 Å². The minimum atomic E-state index is -0.102. The van der Waals surface area contributed by atoms with Crippen LogP contribution in [0.15, 0.2) is 48.5 Å². The molecule has 0 aliphatic heterocycles. The molecule has 0 aliphatic carbocycles. The van der Waals surface area contributed by atoms with Crippen molar-refractivity contribution in [2.45, 2.75) is 19.8 Å². The molecule has 2 amide bonds. The fraction of sp³-hybridized carbons (Fsp3) is 0.176. The molecule has 0 heterocycles. The van der Waals surface area contributed by atoms with Crippen LogP contribution in [-0.4, -0.2) is 9.82 Å². The Balaban J connectivity index is 1.98. The molecule has 2 aromatic carbocycles. The first-order valence-electron chi connectivity index (χ1n) is 7.01. The third-order valence-corrected chi connectivity index (χ3v) is 3.43. The topological polar surface area (TPSA) is 58.2 Å². The van der Waals surface area contributed by atoms with Crippen molar-refractivity contribution < 1.29 is 9.59 Å². The van der Waals surface area contributed by atoms with Gasteiger partial charge >= 0.3 is 0 Å². The number of hydrogen-bond donors (Lipinski definition) is 2. The standard InChI is InChI=1S/C17H17IN2O2/c1-2-16(21)19-14-7-3-12(4-8-14)11-13-5-9-15(10-6-13)20-17(18)22/h3-10H,2,11H2,1H3,(H,19,21)(H,20,22). The van der Waals surface area contributed by atoms with Crippen LogP contribution in [0.25, 0.3) is 0 Å². The van der Waals surface area contributed by atoms with Gasteiger partial charge in [-0.1, -0.05) is 31.2 Å². The molecule has 4 nitrogen and oxygen atoms in total. The number of anilines is 2. The van der Waals surface area contributed by atoms with E-state index in [0.717, 1.165) is 23.4 Å². The molecule has 22 heavy (non-hydrogen) atoms. The Hall–Kier alpha value is -1.89. The zero-order valence-electron chi connectivity index (χ0n) is 12.2. The largest absolute Gasteiger partial charge is 0.326 e. The van der Waals surface area contributed by atoms with Gasteiger partial charge in [0.25, 0.3) is 3.91 Å². The van der Waals surface area contributed by atoms with Crippen LogP contribution in [0.3, 0.4) is 0 Å². The summed E-state index contributed by atoms with van der Waals surface area (Å²) >= 11 is 1.71. The van der Waals surface area contributed by atoms with E-state index in [1.165, 1.54) is 5.56 Å². The van der Waals surface area contributed by atoms with Gasteiger partial charge in [-0.15, -0.1) is 0 Å². The lowest BCUT2D eigenvalue weighted by atomic mass is 10.0. The van der Waals surface area contributed by atoms with Gasteiger partial charge in [0, 0.05) is 40.4 Å². The normalized spacial score (nSPS) is 10.1. The molecule has 0 bridgehead atoms. The molecule has 2 N–H and O–H groups in total. The van der Waals surface area contributed by atoms with Gasteiger partial charge in [-0.3, -0.25) is 9.59 Å². The first-order valence-corrected chi connectivity index (χ1v) is 8.09. The summed E-state index contributed by atoms with van der Waals surface area (Å²) in [5.41, 5.74) is 3.94. The monoisotopic (exact) mass is 408 g/mol. The lowest BCUT2D eigenvalue weighted by molar-refractivity contribution is -0.115. The molecule has 0 saturated heterocycles. The second kappa shape index (κ2) is 7.93. The molecule has 0 aromatic heterocycles. The van der Waals surface area contributed by atoms with E-state index in [-0.39, 0.29) is 9.82 Å². The van der Waals surface area contributed by atoms with Gasteiger partial charge in [0.1, 0.15) is 0 Å². The Morgan fingerprint density at radius 2 is 1.32 bits per heavy atom. The maximum Gasteiger partial charge on any atom is 0.284 e. The van der Waals surface area contributed by atoms with Crippen molar-refractivity contribution in [3.63, 3.8) is 0 Å². The van der Waals surface area contributed by atoms with E-state index < -0.39 is 0 Å². The van der Waals surface area contributed by atoms with E-state index >= 15 is 0 Å². The molecule has 0 fully saturated rings. The van der Waals surface area contributed by atoms with Crippen molar-refractivity contribution in [1.29, 1.82) is 0 Å². The van der Waals surface area contributed by atoms with E-state index in [4.69, 9.17) is 0 Å². The van der Waals surface area contributed by atoms with Crippen molar-refractivity contribution >= 4 is 43.8 Å². The highest BCUT2D eigenvalue weighted by Gasteiger charge is 2.01. The number of hydrogen-bond acceptors (Lipinski definition) is 2. The van der Waals surface area contributed by atoms with Gasteiger partial charge in [0.2, 0.25) is 5.91 Å². The molecule has 0 aliphatic rings. The molecule has 114 valence electrons. The number of halogens is 1. The highest BCUT2D eigenvalue weighted by molar-refractivity contribution is 14.1. The Morgan fingerprint density at radius 1 is 0.864 bits per heavy atom. The van der Waals surface area contributed by atoms with E-state index in [2.05, 4.69) is 10.6 Å². The van der Waals surface area contributed by atoms with Crippen LogP contribution in [0.4, 0.5) is 16.2 Å². The smallest absolute Gasteiger partial charge is 0.284 e.